The molecule has 0 radical (unpaired) electrons. The molecule has 4 aromatic rings. The van der Waals surface area contributed by atoms with E-state index >= 15 is 0 Å². The van der Waals surface area contributed by atoms with E-state index in [4.69, 9.17) is 4.98 Å². The van der Waals surface area contributed by atoms with Gasteiger partial charge in [0.05, 0.1) is 22.0 Å². The first-order valence-electron chi connectivity index (χ1n) is 10.8. The Morgan fingerprint density at radius 1 is 0.969 bits per heavy atom. The number of halogens is 1. The highest BCUT2D eigenvalue weighted by molar-refractivity contribution is 7.22. The van der Waals surface area contributed by atoms with Gasteiger partial charge in [-0.15, -0.1) is 0 Å². The van der Waals surface area contributed by atoms with E-state index in [-0.39, 0.29) is 18.0 Å². The van der Waals surface area contributed by atoms with Crippen LogP contribution in [-0.4, -0.2) is 32.2 Å². The molecule has 6 nitrogen and oxygen atoms in total. The molecule has 0 saturated heterocycles. The second-order valence-corrected chi connectivity index (χ2v) is 9.17. The normalized spacial score (nSPS) is 18.6. The Kier molecular flexibility index (Phi) is 5.96. The molecule has 32 heavy (non-hydrogen) atoms. The number of thiazole rings is 1. The summed E-state index contributed by atoms with van der Waals surface area (Å²) in [5.74, 6) is 0.933. The highest BCUT2D eigenvalue weighted by Crippen LogP contribution is 2.29. The predicted octanol–water partition coefficient (Wildman–Crippen LogP) is 5.28. The summed E-state index contributed by atoms with van der Waals surface area (Å²) in [4.78, 5) is 14.0. The summed E-state index contributed by atoms with van der Waals surface area (Å²) in [6, 6.07) is 16.9. The molecule has 0 bridgehead atoms. The molecule has 0 amide bonds. The molecule has 1 saturated carbocycles. The topological polar surface area (TPSA) is 83.0 Å². The van der Waals surface area contributed by atoms with Gasteiger partial charge in [-0.05, 0) is 49.4 Å². The second kappa shape index (κ2) is 9.18. The minimum Gasteiger partial charge on any atom is -0.393 e. The smallest absolute Gasteiger partial charge is 0.225 e. The largest absolute Gasteiger partial charge is 0.393 e. The maximum Gasteiger partial charge on any atom is 0.225 e. The molecule has 0 aliphatic heterocycles. The first-order chi connectivity index (χ1) is 15.6. The van der Waals surface area contributed by atoms with Crippen LogP contribution in [0.4, 0.5) is 21.3 Å². The van der Waals surface area contributed by atoms with E-state index in [2.05, 4.69) is 32.7 Å². The zero-order valence-electron chi connectivity index (χ0n) is 17.5. The average molecular weight is 450 g/mol. The first-order valence-corrected chi connectivity index (χ1v) is 11.6. The van der Waals surface area contributed by atoms with Crippen LogP contribution in [0.1, 0.15) is 36.9 Å². The van der Waals surface area contributed by atoms with Crippen molar-refractivity contribution in [1.29, 1.82) is 0 Å². The van der Waals surface area contributed by atoms with E-state index in [1.807, 2.05) is 24.3 Å². The molecule has 2 heterocycles. The van der Waals surface area contributed by atoms with E-state index < -0.39 is 0 Å². The summed E-state index contributed by atoms with van der Waals surface area (Å²) in [5, 5.41) is 17.2. The average Bonchev–Trinajstić information content (AvgIpc) is 3.17. The molecular formula is C24H24FN5OS. The second-order valence-electron chi connectivity index (χ2n) is 8.14. The minimum atomic E-state index is -0.274. The number of hydrogen-bond acceptors (Lipinski definition) is 7. The number of nitrogens with zero attached hydrogens (tertiary/aromatic N) is 3. The fourth-order valence-electron chi connectivity index (χ4n) is 3.99. The van der Waals surface area contributed by atoms with Crippen molar-refractivity contribution < 1.29 is 9.50 Å². The summed E-state index contributed by atoms with van der Waals surface area (Å²) >= 11 is 1.39. The summed E-state index contributed by atoms with van der Waals surface area (Å²) < 4.78 is 14.3. The van der Waals surface area contributed by atoms with Gasteiger partial charge in [-0.2, -0.15) is 4.98 Å². The molecule has 0 atom stereocenters. The van der Waals surface area contributed by atoms with Crippen LogP contribution in [0.2, 0.25) is 0 Å². The van der Waals surface area contributed by atoms with E-state index in [1.165, 1.54) is 29.0 Å². The Labute approximate surface area is 189 Å². The monoisotopic (exact) mass is 449 g/mol. The summed E-state index contributed by atoms with van der Waals surface area (Å²) in [5.41, 5.74) is 2.80. The third-order valence-corrected chi connectivity index (χ3v) is 6.56. The quantitative estimate of drug-likeness (QED) is 0.372. The third-order valence-electron chi connectivity index (χ3n) is 5.62. The van der Waals surface area contributed by atoms with Crippen LogP contribution < -0.4 is 10.6 Å². The Morgan fingerprint density at radius 3 is 2.59 bits per heavy atom. The Hall–Kier alpha value is -3.10. The third kappa shape index (κ3) is 5.03. The van der Waals surface area contributed by atoms with Crippen LogP contribution in [0.3, 0.4) is 0 Å². The van der Waals surface area contributed by atoms with Gasteiger partial charge in [-0.25, -0.2) is 14.4 Å². The van der Waals surface area contributed by atoms with Gasteiger partial charge in [0.25, 0.3) is 0 Å². The Balaban J connectivity index is 1.42. The van der Waals surface area contributed by atoms with E-state index in [9.17, 15) is 9.50 Å². The summed E-state index contributed by atoms with van der Waals surface area (Å²) in [7, 11) is 0. The van der Waals surface area contributed by atoms with Gasteiger partial charge >= 0.3 is 0 Å². The number of benzene rings is 2. The Morgan fingerprint density at radius 2 is 1.78 bits per heavy atom. The molecular weight excluding hydrogens is 425 g/mol. The lowest BCUT2D eigenvalue weighted by Crippen LogP contribution is -2.29. The Bertz CT molecular complexity index is 1210. The van der Waals surface area contributed by atoms with Gasteiger partial charge in [0.2, 0.25) is 5.95 Å². The standard InChI is InChI=1S/C24H24FN5OS/c25-16-6-11-20-21(13-16)32-24(28-20)30-22-14-18(12-15-4-2-1-3-5-15)27-23(29-22)26-17-7-9-19(31)10-8-17/h1-6,11,13-14,17,19,31H,7-10,12H2,(H2,26,27,28,29,30)/t17-,19-. The summed E-state index contributed by atoms with van der Waals surface area (Å²) in [6.45, 7) is 0. The van der Waals surface area contributed by atoms with E-state index in [0.29, 0.717) is 23.3 Å². The van der Waals surface area contributed by atoms with Gasteiger partial charge in [0.15, 0.2) is 5.13 Å². The van der Waals surface area contributed by atoms with Crippen molar-refractivity contribution >= 4 is 38.5 Å². The van der Waals surface area contributed by atoms with Crippen molar-refractivity contribution in [3.05, 3.63) is 71.7 Å². The van der Waals surface area contributed by atoms with E-state index in [1.54, 1.807) is 6.07 Å². The highest BCUT2D eigenvalue weighted by Gasteiger charge is 2.20. The highest BCUT2D eigenvalue weighted by atomic mass is 32.1. The lowest BCUT2D eigenvalue weighted by Gasteiger charge is -2.26. The lowest BCUT2D eigenvalue weighted by atomic mass is 9.93. The zero-order chi connectivity index (χ0) is 21.9. The van der Waals surface area contributed by atoms with Gasteiger partial charge in [0.1, 0.15) is 11.6 Å². The molecule has 164 valence electrons. The fourth-order valence-corrected chi connectivity index (χ4v) is 4.88. The van der Waals surface area contributed by atoms with Crippen molar-refractivity contribution in [3.63, 3.8) is 0 Å². The molecule has 2 aromatic heterocycles. The fraction of sp³-hybridized carbons (Fsp3) is 0.292. The van der Waals surface area contributed by atoms with Crippen LogP contribution in [0.25, 0.3) is 10.2 Å². The van der Waals surface area contributed by atoms with Crippen molar-refractivity contribution in [2.45, 2.75) is 44.2 Å². The van der Waals surface area contributed by atoms with Gasteiger partial charge in [0, 0.05) is 18.5 Å². The molecule has 0 unspecified atom stereocenters. The number of hydrogen-bond donors (Lipinski definition) is 3. The van der Waals surface area contributed by atoms with Crippen LogP contribution in [0.5, 0.6) is 0 Å². The number of rotatable bonds is 6. The molecule has 0 spiro atoms. The predicted molar refractivity (Wildman–Crippen MR) is 126 cm³/mol. The molecule has 5 rings (SSSR count). The number of aliphatic hydroxyl groups excluding tert-OH is 1. The lowest BCUT2D eigenvalue weighted by molar-refractivity contribution is 0.126. The van der Waals surface area contributed by atoms with Gasteiger partial charge in [-0.3, -0.25) is 0 Å². The van der Waals surface area contributed by atoms with Crippen LogP contribution in [0, 0.1) is 5.82 Å². The van der Waals surface area contributed by atoms with Crippen molar-refractivity contribution in [3.8, 4) is 0 Å². The van der Waals surface area contributed by atoms with Crippen molar-refractivity contribution in [1.82, 2.24) is 15.0 Å². The maximum absolute atomic E-state index is 13.5. The number of nitrogens with one attached hydrogen (secondary N) is 2. The molecule has 1 aliphatic carbocycles. The maximum atomic E-state index is 13.5. The minimum absolute atomic E-state index is 0.209. The molecule has 2 aromatic carbocycles. The molecule has 8 heteroatoms. The van der Waals surface area contributed by atoms with Crippen LogP contribution in [-0.2, 0) is 6.42 Å². The number of aliphatic hydroxyl groups is 1. The van der Waals surface area contributed by atoms with Crippen molar-refractivity contribution in [2.24, 2.45) is 0 Å². The SMILES string of the molecule is O[C@H]1CC[C@H](Nc2nc(Cc3ccccc3)cc(Nc3nc4ccc(F)cc4s3)n2)CC1. The molecule has 1 aliphatic rings. The molecule has 1 fully saturated rings. The van der Waals surface area contributed by atoms with Crippen molar-refractivity contribution in [2.75, 3.05) is 10.6 Å². The summed E-state index contributed by atoms with van der Waals surface area (Å²) in [6.07, 6.45) is 3.82. The van der Waals surface area contributed by atoms with E-state index in [0.717, 1.165) is 41.6 Å². The zero-order valence-corrected chi connectivity index (χ0v) is 18.3. The number of anilines is 3. The number of fused-ring (bicyclic) bond motifs is 1. The van der Waals surface area contributed by atoms with Gasteiger partial charge < -0.3 is 15.7 Å². The number of aromatic nitrogens is 3. The first kappa shape index (κ1) is 20.8. The molecule has 3 N–H and O–H groups in total. The van der Waals surface area contributed by atoms with Crippen LogP contribution >= 0.6 is 11.3 Å². The van der Waals surface area contributed by atoms with Crippen LogP contribution in [0.15, 0.2) is 54.6 Å². The van der Waals surface area contributed by atoms with Gasteiger partial charge in [-0.1, -0.05) is 41.7 Å².